The van der Waals surface area contributed by atoms with Gasteiger partial charge in [0, 0.05) is 32.8 Å². The molecule has 1 aliphatic rings. The molecule has 17 heavy (non-hydrogen) atoms. The van der Waals surface area contributed by atoms with Gasteiger partial charge in [-0.05, 0) is 51.6 Å². The highest BCUT2D eigenvalue weighted by Crippen LogP contribution is 2.29. The highest BCUT2D eigenvalue weighted by atomic mass is 16.5. The molecule has 0 heterocycles. The van der Waals surface area contributed by atoms with Gasteiger partial charge in [-0.1, -0.05) is 6.92 Å². The molecule has 0 aromatic rings. The minimum Gasteiger partial charge on any atom is -0.382 e. The summed E-state index contributed by atoms with van der Waals surface area (Å²) in [5.41, 5.74) is 0. The molecular formula is C14H30N2O. The molecule has 1 N–H and O–H groups in total. The second-order valence-electron chi connectivity index (χ2n) is 5.04. The molecular weight excluding hydrogens is 212 g/mol. The zero-order chi connectivity index (χ0) is 12.3. The van der Waals surface area contributed by atoms with Gasteiger partial charge in [0.25, 0.3) is 0 Å². The fourth-order valence-electron chi connectivity index (χ4n) is 2.08. The van der Waals surface area contributed by atoms with Crippen LogP contribution >= 0.6 is 0 Å². The van der Waals surface area contributed by atoms with E-state index in [1.54, 1.807) is 0 Å². The normalized spacial score (nSPS) is 15.7. The molecule has 0 atom stereocenters. The summed E-state index contributed by atoms with van der Waals surface area (Å²) in [6.45, 7) is 12.1. The van der Waals surface area contributed by atoms with Crippen molar-refractivity contribution in [2.45, 2.75) is 39.5 Å². The Morgan fingerprint density at radius 1 is 1.18 bits per heavy atom. The molecule has 1 fully saturated rings. The van der Waals surface area contributed by atoms with Gasteiger partial charge in [-0.3, -0.25) is 0 Å². The summed E-state index contributed by atoms with van der Waals surface area (Å²) in [5.74, 6) is 1.01. The third-order valence-corrected chi connectivity index (χ3v) is 3.20. The zero-order valence-corrected chi connectivity index (χ0v) is 11.7. The molecule has 1 saturated carbocycles. The maximum absolute atomic E-state index is 5.31. The van der Waals surface area contributed by atoms with Gasteiger partial charge in [0.2, 0.25) is 0 Å². The smallest absolute Gasteiger partial charge is 0.0477 e. The first-order valence-electron chi connectivity index (χ1n) is 7.37. The van der Waals surface area contributed by atoms with Gasteiger partial charge in [-0.2, -0.15) is 0 Å². The van der Waals surface area contributed by atoms with E-state index in [1.165, 1.54) is 38.9 Å². The van der Waals surface area contributed by atoms with E-state index in [4.69, 9.17) is 4.74 Å². The predicted molar refractivity (Wildman–Crippen MR) is 73.4 cm³/mol. The Hall–Kier alpha value is -0.120. The number of rotatable bonds is 12. The van der Waals surface area contributed by atoms with Crippen molar-refractivity contribution in [2.24, 2.45) is 5.92 Å². The van der Waals surface area contributed by atoms with Crippen LogP contribution in [0.15, 0.2) is 0 Å². The van der Waals surface area contributed by atoms with Crippen LogP contribution in [0.1, 0.15) is 39.5 Å². The van der Waals surface area contributed by atoms with E-state index in [2.05, 4.69) is 17.1 Å². The van der Waals surface area contributed by atoms with Gasteiger partial charge in [0.15, 0.2) is 0 Å². The Balaban J connectivity index is 1.90. The highest BCUT2D eigenvalue weighted by Gasteiger charge is 2.23. The van der Waals surface area contributed by atoms with Crippen molar-refractivity contribution >= 4 is 0 Å². The first-order valence-corrected chi connectivity index (χ1v) is 7.37. The number of nitrogens with zero attached hydrogens (tertiary/aromatic N) is 1. The zero-order valence-electron chi connectivity index (χ0n) is 11.7. The van der Waals surface area contributed by atoms with Gasteiger partial charge in [-0.25, -0.2) is 0 Å². The van der Waals surface area contributed by atoms with Crippen molar-refractivity contribution in [1.29, 1.82) is 0 Å². The fourth-order valence-corrected chi connectivity index (χ4v) is 2.08. The van der Waals surface area contributed by atoms with Crippen molar-refractivity contribution < 1.29 is 4.74 Å². The third kappa shape index (κ3) is 8.58. The summed E-state index contributed by atoms with van der Waals surface area (Å²) >= 11 is 0. The largest absolute Gasteiger partial charge is 0.382 e. The second kappa shape index (κ2) is 9.86. The third-order valence-electron chi connectivity index (χ3n) is 3.20. The molecule has 0 saturated heterocycles. The molecule has 0 spiro atoms. The Bertz CT molecular complexity index is 172. The molecule has 102 valence electrons. The fraction of sp³-hybridized carbons (Fsp3) is 1.00. The van der Waals surface area contributed by atoms with Crippen LogP contribution < -0.4 is 5.32 Å². The molecule has 1 aliphatic carbocycles. The molecule has 0 radical (unpaired) electrons. The summed E-state index contributed by atoms with van der Waals surface area (Å²) in [4.78, 5) is 2.62. The van der Waals surface area contributed by atoms with Gasteiger partial charge >= 0.3 is 0 Å². The lowest BCUT2D eigenvalue weighted by Gasteiger charge is -2.21. The Labute approximate surface area is 107 Å². The van der Waals surface area contributed by atoms with Crippen LogP contribution in [0.3, 0.4) is 0 Å². The van der Waals surface area contributed by atoms with E-state index in [-0.39, 0.29) is 0 Å². The molecule has 0 amide bonds. The lowest BCUT2D eigenvalue weighted by molar-refractivity contribution is 0.144. The van der Waals surface area contributed by atoms with Crippen molar-refractivity contribution in [3.63, 3.8) is 0 Å². The van der Waals surface area contributed by atoms with Crippen LogP contribution in [0.4, 0.5) is 0 Å². The molecule has 0 aromatic heterocycles. The van der Waals surface area contributed by atoms with E-state index in [1.807, 2.05) is 6.92 Å². The maximum atomic E-state index is 5.31. The monoisotopic (exact) mass is 242 g/mol. The van der Waals surface area contributed by atoms with Crippen molar-refractivity contribution in [2.75, 3.05) is 45.9 Å². The quantitative estimate of drug-likeness (QED) is 0.531. The summed E-state index contributed by atoms with van der Waals surface area (Å²) in [7, 11) is 0. The van der Waals surface area contributed by atoms with Crippen LogP contribution in [-0.2, 0) is 4.74 Å². The van der Waals surface area contributed by atoms with E-state index in [9.17, 15) is 0 Å². The average Bonchev–Trinajstić information content (AvgIpc) is 3.12. The van der Waals surface area contributed by atoms with Crippen LogP contribution in [0, 0.1) is 5.92 Å². The molecule has 0 aromatic carbocycles. The summed E-state index contributed by atoms with van der Waals surface area (Å²) in [5, 5.41) is 3.51. The van der Waals surface area contributed by atoms with Gasteiger partial charge in [0.05, 0.1) is 0 Å². The lowest BCUT2D eigenvalue weighted by Crippen LogP contribution is -2.34. The summed E-state index contributed by atoms with van der Waals surface area (Å²) in [6, 6.07) is 0. The van der Waals surface area contributed by atoms with Crippen LogP contribution in [0.25, 0.3) is 0 Å². The molecule has 0 aliphatic heterocycles. The van der Waals surface area contributed by atoms with Crippen molar-refractivity contribution in [3.05, 3.63) is 0 Å². The van der Waals surface area contributed by atoms with Crippen molar-refractivity contribution in [1.82, 2.24) is 10.2 Å². The molecule has 0 bridgehead atoms. The number of hydrogen-bond acceptors (Lipinski definition) is 3. The first kappa shape index (κ1) is 14.9. The summed E-state index contributed by atoms with van der Waals surface area (Å²) < 4.78 is 5.31. The van der Waals surface area contributed by atoms with E-state index in [0.29, 0.717) is 0 Å². The Morgan fingerprint density at radius 3 is 2.65 bits per heavy atom. The standard InChI is InChI=1S/C14H30N2O/c1-3-10-16(13-14-6-7-14)11-9-15-8-5-12-17-4-2/h14-15H,3-13H2,1-2H3. The second-order valence-corrected chi connectivity index (χ2v) is 5.04. The van der Waals surface area contributed by atoms with E-state index in [0.717, 1.165) is 38.6 Å². The first-order chi connectivity index (χ1) is 8.36. The van der Waals surface area contributed by atoms with Crippen LogP contribution in [0.5, 0.6) is 0 Å². The number of nitrogens with one attached hydrogen (secondary N) is 1. The van der Waals surface area contributed by atoms with Crippen molar-refractivity contribution in [3.8, 4) is 0 Å². The number of hydrogen-bond donors (Lipinski definition) is 1. The topological polar surface area (TPSA) is 24.5 Å². The molecule has 1 rings (SSSR count). The lowest BCUT2D eigenvalue weighted by atomic mass is 10.3. The minimum absolute atomic E-state index is 0.839. The molecule has 3 heteroatoms. The van der Waals surface area contributed by atoms with Crippen LogP contribution in [0.2, 0.25) is 0 Å². The van der Waals surface area contributed by atoms with E-state index >= 15 is 0 Å². The summed E-state index contributed by atoms with van der Waals surface area (Å²) in [6.07, 6.45) is 5.32. The van der Waals surface area contributed by atoms with Gasteiger partial charge < -0.3 is 15.0 Å². The maximum Gasteiger partial charge on any atom is 0.0477 e. The van der Waals surface area contributed by atoms with Crippen LogP contribution in [-0.4, -0.2) is 50.8 Å². The van der Waals surface area contributed by atoms with E-state index < -0.39 is 0 Å². The van der Waals surface area contributed by atoms with Gasteiger partial charge in [-0.15, -0.1) is 0 Å². The Morgan fingerprint density at radius 2 is 2.00 bits per heavy atom. The SMILES string of the molecule is CCCN(CCNCCCOCC)CC1CC1. The highest BCUT2D eigenvalue weighted by molar-refractivity contribution is 4.77. The molecule has 3 nitrogen and oxygen atoms in total. The Kier molecular flexibility index (Phi) is 8.67. The minimum atomic E-state index is 0.839. The predicted octanol–water partition coefficient (Wildman–Crippen LogP) is 2.12. The number of ether oxygens (including phenoxy) is 1. The van der Waals surface area contributed by atoms with Gasteiger partial charge in [0.1, 0.15) is 0 Å². The average molecular weight is 242 g/mol. The molecule has 0 unspecified atom stereocenters.